The molecule has 2 aliphatic heterocycles. The maximum absolute atomic E-state index is 15.3. The summed E-state index contributed by atoms with van der Waals surface area (Å²) in [5.41, 5.74) is 3.01. The maximum atomic E-state index is 15.3. The number of carbonyl (C=O) groups excluding carboxylic acids is 2. The molecule has 10 heteroatoms. The zero-order chi connectivity index (χ0) is 28.3. The van der Waals surface area contributed by atoms with Gasteiger partial charge in [-0.3, -0.25) is 14.5 Å². The summed E-state index contributed by atoms with van der Waals surface area (Å²) in [5, 5.41) is 7.77. The highest BCUT2D eigenvalue weighted by Gasteiger charge is 2.38. The van der Waals surface area contributed by atoms with Crippen molar-refractivity contribution in [1.29, 1.82) is 0 Å². The van der Waals surface area contributed by atoms with E-state index in [0.29, 0.717) is 46.5 Å². The molecule has 2 unspecified atom stereocenters. The fraction of sp³-hybridized carbons (Fsp3) is 0.258. The van der Waals surface area contributed by atoms with Crippen LogP contribution in [0.3, 0.4) is 0 Å². The minimum absolute atomic E-state index is 0.0336. The molecule has 7 nitrogen and oxygen atoms in total. The Morgan fingerprint density at radius 1 is 1.07 bits per heavy atom. The standard InChI is InChI=1S/C31H28ClFN4O3S/c32-23-13-5-7-15-25(23)37-31-28(29(35-37)20-9-2-1-3-10-20)30(22-12-4-6-14-24(22)33)41-19-27(39)36(31)18-26(38)34-17-21-11-8-16-40-21/h1-7,9-10,12-15,21,30H,8,11,16-19H2,(H,34,38). The van der Waals surface area contributed by atoms with Gasteiger partial charge in [0.1, 0.15) is 18.2 Å². The molecule has 210 valence electrons. The number of hydrogen-bond acceptors (Lipinski definition) is 5. The molecule has 0 aliphatic carbocycles. The third kappa shape index (κ3) is 5.62. The number of aromatic nitrogens is 2. The van der Waals surface area contributed by atoms with E-state index in [-0.39, 0.29) is 36.0 Å². The smallest absolute Gasteiger partial charge is 0.240 e. The van der Waals surface area contributed by atoms with Crippen LogP contribution in [0, 0.1) is 5.82 Å². The Labute approximate surface area is 246 Å². The van der Waals surface area contributed by atoms with Gasteiger partial charge in [-0.05, 0) is 31.0 Å². The molecule has 0 radical (unpaired) electrons. The molecule has 3 aromatic carbocycles. The molecule has 2 atom stereocenters. The van der Waals surface area contributed by atoms with E-state index in [9.17, 15) is 9.59 Å². The quantitative estimate of drug-likeness (QED) is 0.295. The van der Waals surface area contributed by atoms with Gasteiger partial charge in [-0.25, -0.2) is 9.07 Å². The second kappa shape index (κ2) is 12.1. The fourth-order valence-electron chi connectivity index (χ4n) is 5.29. The number of rotatable bonds is 7. The van der Waals surface area contributed by atoms with Gasteiger partial charge in [0.15, 0.2) is 0 Å². The highest BCUT2D eigenvalue weighted by Crippen LogP contribution is 2.49. The summed E-state index contributed by atoms with van der Waals surface area (Å²) in [6, 6.07) is 23.3. The van der Waals surface area contributed by atoms with Crippen LogP contribution in [0.4, 0.5) is 10.2 Å². The first-order chi connectivity index (χ1) is 20.0. The van der Waals surface area contributed by atoms with Crippen molar-refractivity contribution in [3.63, 3.8) is 0 Å². The highest BCUT2D eigenvalue weighted by molar-refractivity contribution is 8.00. The van der Waals surface area contributed by atoms with Crippen LogP contribution >= 0.6 is 23.4 Å². The van der Waals surface area contributed by atoms with Crippen LogP contribution in [0.2, 0.25) is 5.02 Å². The van der Waals surface area contributed by atoms with Crippen molar-refractivity contribution in [3.05, 3.63) is 101 Å². The number of thioether (sulfide) groups is 1. The summed E-state index contributed by atoms with van der Waals surface area (Å²) >= 11 is 7.98. The van der Waals surface area contributed by atoms with Crippen molar-refractivity contribution in [3.8, 4) is 16.9 Å². The van der Waals surface area contributed by atoms with E-state index in [1.54, 1.807) is 35.0 Å². The number of benzene rings is 3. The Kier molecular flexibility index (Phi) is 8.09. The van der Waals surface area contributed by atoms with Crippen molar-refractivity contribution >= 4 is 41.0 Å². The van der Waals surface area contributed by atoms with E-state index in [1.807, 2.05) is 42.5 Å². The van der Waals surface area contributed by atoms with Crippen LogP contribution in [-0.4, -0.2) is 53.1 Å². The normalized spacial score (nSPS) is 18.7. The number of fused-ring (bicyclic) bond motifs is 1. The van der Waals surface area contributed by atoms with Gasteiger partial charge in [-0.15, -0.1) is 11.8 Å². The molecule has 3 heterocycles. The van der Waals surface area contributed by atoms with Crippen LogP contribution in [0.1, 0.15) is 29.2 Å². The Hall–Kier alpha value is -3.66. The first kappa shape index (κ1) is 27.5. The molecule has 1 aromatic heterocycles. The average molecular weight is 591 g/mol. The third-order valence-corrected chi connectivity index (χ3v) is 8.81. The monoisotopic (exact) mass is 590 g/mol. The lowest BCUT2D eigenvalue weighted by Crippen LogP contribution is -2.44. The van der Waals surface area contributed by atoms with Gasteiger partial charge in [-0.1, -0.05) is 72.3 Å². The van der Waals surface area contributed by atoms with E-state index < -0.39 is 5.25 Å². The van der Waals surface area contributed by atoms with Gasteiger partial charge in [0.05, 0.1) is 33.5 Å². The molecule has 0 bridgehead atoms. The summed E-state index contributed by atoms with van der Waals surface area (Å²) in [6.07, 6.45) is 1.81. The number of halogens is 2. The molecule has 0 spiro atoms. The van der Waals surface area contributed by atoms with Gasteiger partial charge in [0.25, 0.3) is 0 Å². The van der Waals surface area contributed by atoms with Crippen molar-refractivity contribution in [2.75, 3.05) is 30.3 Å². The molecule has 1 fully saturated rings. The topological polar surface area (TPSA) is 76.5 Å². The minimum atomic E-state index is -0.568. The molecule has 0 saturated carbocycles. The van der Waals surface area contributed by atoms with Crippen LogP contribution in [0.25, 0.3) is 16.9 Å². The number of nitrogens with zero attached hydrogens (tertiary/aromatic N) is 3. The molecule has 6 rings (SSSR count). The van der Waals surface area contributed by atoms with Crippen LogP contribution < -0.4 is 10.2 Å². The second-order valence-electron chi connectivity index (χ2n) is 9.95. The number of nitrogens with one attached hydrogen (secondary N) is 1. The second-order valence-corrected chi connectivity index (χ2v) is 11.4. The summed E-state index contributed by atoms with van der Waals surface area (Å²) in [6.45, 7) is 0.829. The molecular weight excluding hydrogens is 563 g/mol. The Morgan fingerprint density at radius 2 is 1.83 bits per heavy atom. The number of hydrogen-bond donors (Lipinski definition) is 1. The lowest BCUT2D eigenvalue weighted by molar-refractivity contribution is -0.123. The van der Waals surface area contributed by atoms with Crippen LogP contribution in [0.5, 0.6) is 0 Å². The molecule has 1 N–H and O–H groups in total. The molecule has 1 saturated heterocycles. The maximum Gasteiger partial charge on any atom is 0.240 e. The third-order valence-electron chi connectivity index (χ3n) is 7.26. The fourth-order valence-corrected chi connectivity index (χ4v) is 6.72. The molecule has 4 aromatic rings. The highest BCUT2D eigenvalue weighted by atomic mass is 35.5. The van der Waals surface area contributed by atoms with E-state index >= 15 is 4.39 Å². The van der Waals surface area contributed by atoms with Crippen molar-refractivity contribution in [1.82, 2.24) is 15.1 Å². The SMILES string of the molecule is O=C(CN1C(=O)CSC(c2ccccc2F)c2c(-c3ccccc3)nn(-c3ccccc3Cl)c21)NCC1CCCO1. The van der Waals surface area contributed by atoms with Crippen molar-refractivity contribution < 1.29 is 18.7 Å². The number of anilines is 1. The zero-order valence-corrected chi connectivity index (χ0v) is 23.7. The number of para-hydroxylation sites is 1. The Bertz CT molecular complexity index is 1570. The predicted molar refractivity (Wildman–Crippen MR) is 159 cm³/mol. The lowest BCUT2D eigenvalue weighted by atomic mass is 9.99. The first-order valence-electron chi connectivity index (χ1n) is 13.5. The Balaban J connectivity index is 1.54. The molecular formula is C31H28ClFN4O3S. The Morgan fingerprint density at radius 3 is 2.59 bits per heavy atom. The van der Waals surface area contributed by atoms with Gasteiger partial charge in [-0.2, -0.15) is 5.10 Å². The summed E-state index contributed by atoms with van der Waals surface area (Å²) in [5.74, 6) is -0.538. The van der Waals surface area contributed by atoms with Gasteiger partial charge in [0, 0.05) is 29.8 Å². The van der Waals surface area contributed by atoms with E-state index in [0.717, 1.165) is 18.4 Å². The van der Waals surface area contributed by atoms with Crippen molar-refractivity contribution in [2.45, 2.75) is 24.2 Å². The number of amides is 2. The largest absolute Gasteiger partial charge is 0.376 e. The average Bonchev–Trinajstić information content (AvgIpc) is 3.62. The first-order valence-corrected chi connectivity index (χ1v) is 14.9. The number of carbonyl (C=O) groups is 2. The van der Waals surface area contributed by atoms with E-state index in [1.165, 1.54) is 22.7 Å². The zero-order valence-electron chi connectivity index (χ0n) is 22.1. The van der Waals surface area contributed by atoms with E-state index in [4.69, 9.17) is 21.4 Å². The molecule has 2 aliphatic rings. The molecule has 41 heavy (non-hydrogen) atoms. The van der Waals surface area contributed by atoms with Gasteiger partial charge >= 0.3 is 0 Å². The minimum Gasteiger partial charge on any atom is -0.376 e. The van der Waals surface area contributed by atoms with Crippen LogP contribution in [-0.2, 0) is 14.3 Å². The number of ether oxygens (including phenoxy) is 1. The van der Waals surface area contributed by atoms with Crippen LogP contribution in [0.15, 0.2) is 78.9 Å². The van der Waals surface area contributed by atoms with Crippen molar-refractivity contribution in [2.24, 2.45) is 0 Å². The lowest BCUT2D eigenvalue weighted by Gasteiger charge is -2.24. The summed E-state index contributed by atoms with van der Waals surface area (Å²) in [7, 11) is 0. The van der Waals surface area contributed by atoms with Gasteiger partial charge in [0.2, 0.25) is 11.8 Å². The predicted octanol–water partition coefficient (Wildman–Crippen LogP) is 5.80. The summed E-state index contributed by atoms with van der Waals surface area (Å²) < 4.78 is 22.6. The van der Waals surface area contributed by atoms with E-state index in [2.05, 4.69) is 5.32 Å². The van der Waals surface area contributed by atoms with Gasteiger partial charge < -0.3 is 10.1 Å². The molecule has 2 amide bonds. The summed E-state index contributed by atoms with van der Waals surface area (Å²) in [4.78, 5) is 28.5.